The van der Waals surface area contributed by atoms with Gasteiger partial charge in [-0.2, -0.15) is 0 Å². The summed E-state index contributed by atoms with van der Waals surface area (Å²) in [5, 5.41) is 0. The fourth-order valence-corrected chi connectivity index (χ4v) is 7.82. The van der Waals surface area contributed by atoms with E-state index in [4.69, 9.17) is 9.47 Å². The summed E-state index contributed by atoms with van der Waals surface area (Å²) in [4.78, 5) is 2.32. The Morgan fingerprint density at radius 3 is 2.54 bits per heavy atom. The van der Waals surface area contributed by atoms with Crippen molar-refractivity contribution in [2.24, 2.45) is 17.3 Å². The Morgan fingerprint density at radius 1 is 1.03 bits per heavy atom. The van der Waals surface area contributed by atoms with Crippen LogP contribution in [0.3, 0.4) is 0 Å². The summed E-state index contributed by atoms with van der Waals surface area (Å²) < 4.78 is 27.4. The van der Waals surface area contributed by atoms with Crippen LogP contribution in [0.5, 0.6) is 11.5 Å². The largest absolute Gasteiger partial charge is 0.496 e. The Balaban J connectivity index is 1.55. The maximum atomic E-state index is 14.9. The number of fused-ring (bicyclic) bond motifs is 5. The minimum atomic E-state index is -0.627. The van der Waals surface area contributed by atoms with Gasteiger partial charge in [-0.25, -0.2) is 4.39 Å². The van der Waals surface area contributed by atoms with Crippen molar-refractivity contribution in [1.82, 2.24) is 4.90 Å². The van der Waals surface area contributed by atoms with Crippen LogP contribution in [0, 0.1) is 17.3 Å². The molecule has 0 heterocycles. The van der Waals surface area contributed by atoms with E-state index in [0.29, 0.717) is 17.8 Å². The fraction of sp³-hybridized carbons (Fsp3) is 0.613. The van der Waals surface area contributed by atoms with Gasteiger partial charge < -0.3 is 9.47 Å². The lowest BCUT2D eigenvalue weighted by atomic mass is 9.55. The highest BCUT2D eigenvalue weighted by Gasteiger charge is 2.55. The zero-order valence-corrected chi connectivity index (χ0v) is 22.1. The molecule has 3 nitrogen and oxygen atoms in total. The number of para-hydroxylation sites is 1. The molecule has 0 saturated heterocycles. The molecule has 1 unspecified atom stereocenters. The molecule has 4 heteroatoms. The Labute approximate surface area is 211 Å². The summed E-state index contributed by atoms with van der Waals surface area (Å²) in [6.45, 7) is 10.6. The summed E-state index contributed by atoms with van der Waals surface area (Å²) in [6.07, 6.45) is 5.43. The van der Waals surface area contributed by atoms with Crippen molar-refractivity contribution in [1.29, 1.82) is 0 Å². The van der Waals surface area contributed by atoms with Crippen LogP contribution in [0.25, 0.3) is 11.1 Å². The van der Waals surface area contributed by atoms with E-state index in [2.05, 4.69) is 69.0 Å². The van der Waals surface area contributed by atoms with Crippen molar-refractivity contribution in [3.63, 3.8) is 0 Å². The van der Waals surface area contributed by atoms with Crippen molar-refractivity contribution in [3.8, 4) is 22.6 Å². The number of halogens is 1. The summed E-state index contributed by atoms with van der Waals surface area (Å²) >= 11 is 0. The lowest BCUT2D eigenvalue weighted by molar-refractivity contribution is 0.0144. The van der Waals surface area contributed by atoms with Crippen molar-refractivity contribution in [3.05, 3.63) is 47.5 Å². The minimum absolute atomic E-state index is 0.00639. The highest BCUT2D eigenvalue weighted by Crippen LogP contribution is 2.62. The first-order valence-electron chi connectivity index (χ1n) is 13.8. The third-order valence-electron chi connectivity index (χ3n) is 9.76. The second-order valence-electron chi connectivity index (χ2n) is 11.2. The predicted molar refractivity (Wildman–Crippen MR) is 141 cm³/mol. The molecule has 2 saturated carbocycles. The Kier molecular flexibility index (Phi) is 6.87. The molecule has 0 aromatic heterocycles. The first-order valence-corrected chi connectivity index (χ1v) is 13.8. The second kappa shape index (κ2) is 9.76. The Bertz CT molecular complexity index is 1050. The molecule has 0 radical (unpaired) electrons. The molecule has 5 rings (SSSR count). The lowest BCUT2D eigenvalue weighted by Gasteiger charge is -2.50. The first-order chi connectivity index (χ1) is 16.9. The molecule has 3 aliphatic carbocycles. The van der Waals surface area contributed by atoms with Crippen LogP contribution >= 0.6 is 0 Å². The van der Waals surface area contributed by atoms with E-state index in [9.17, 15) is 4.39 Å². The summed E-state index contributed by atoms with van der Waals surface area (Å²) in [5.41, 5.74) is 5.07. The molecule has 35 heavy (non-hydrogen) atoms. The van der Waals surface area contributed by atoms with Crippen LogP contribution in [0.2, 0.25) is 0 Å². The number of alkyl halides is 1. The zero-order valence-electron chi connectivity index (χ0n) is 22.1. The average molecular weight is 480 g/mol. The number of hydrogen-bond acceptors (Lipinski definition) is 3. The Morgan fingerprint density at radius 2 is 1.80 bits per heavy atom. The highest BCUT2D eigenvalue weighted by atomic mass is 19.1. The fourth-order valence-electron chi connectivity index (χ4n) is 7.82. The van der Waals surface area contributed by atoms with Crippen molar-refractivity contribution in [2.75, 3.05) is 20.2 Å². The first kappa shape index (κ1) is 24.6. The maximum Gasteiger partial charge on any atom is 0.149 e. The third kappa shape index (κ3) is 4.06. The van der Waals surface area contributed by atoms with Crippen LogP contribution in [-0.2, 0) is 6.42 Å². The van der Waals surface area contributed by atoms with E-state index < -0.39 is 6.17 Å². The third-order valence-corrected chi connectivity index (χ3v) is 9.76. The van der Waals surface area contributed by atoms with Crippen molar-refractivity contribution in [2.45, 2.75) is 84.5 Å². The van der Waals surface area contributed by atoms with Crippen LogP contribution in [-0.4, -0.2) is 37.5 Å². The number of methoxy groups -OCH3 is 1. The van der Waals surface area contributed by atoms with Gasteiger partial charge in [0.1, 0.15) is 23.9 Å². The average Bonchev–Trinajstić information content (AvgIpc) is 3.18. The normalized spacial score (nSPS) is 30.4. The van der Waals surface area contributed by atoms with E-state index >= 15 is 0 Å². The predicted octanol–water partition coefficient (Wildman–Crippen LogP) is 7.62. The molecule has 0 bridgehead atoms. The maximum absolute atomic E-state index is 14.9. The second-order valence-corrected chi connectivity index (χ2v) is 11.2. The number of ether oxygens (including phenoxy) is 2. The standard InChI is InChI=1S/C31H42FNO2/c1-6-33(7-2)20(3)35-27-11-9-8-10-25(27)30-24-13-12-23-22(21(24)14-16-28(30)34-5)18-19-31(4)26(23)15-17-29(31)32/h8-11,14,16,20,22-23,26,29H,6-7,12-13,15,17-19H2,1-5H3/t20?,22-,23-,26+,29-,31+/m1/s1. The number of hydrogen-bond donors (Lipinski definition) is 0. The molecule has 2 aromatic rings. The molecule has 2 aromatic carbocycles. The molecule has 3 aliphatic rings. The summed E-state index contributed by atoms with van der Waals surface area (Å²) in [5.74, 6) is 3.46. The van der Waals surface area contributed by atoms with Crippen molar-refractivity contribution < 1.29 is 13.9 Å². The topological polar surface area (TPSA) is 21.7 Å². The van der Waals surface area contributed by atoms with E-state index in [-0.39, 0.29) is 11.6 Å². The van der Waals surface area contributed by atoms with Gasteiger partial charge in [-0.3, -0.25) is 4.90 Å². The van der Waals surface area contributed by atoms with Crippen LogP contribution < -0.4 is 9.47 Å². The van der Waals surface area contributed by atoms with E-state index in [1.165, 1.54) is 16.7 Å². The zero-order chi connectivity index (χ0) is 24.7. The van der Waals surface area contributed by atoms with Gasteiger partial charge >= 0.3 is 0 Å². The van der Waals surface area contributed by atoms with Crippen molar-refractivity contribution >= 4 is 0 Å². The van der Waals surface area contributed by atoms with Gasteiger partial charge in [0, 0.05) is 16.5 Å². The molecule has 190 valence electrons. The monoisotopic (exact) mass is 479 g/mol. The number of rotatable bonds is 7. The van der Waals surface area contributed by atoms with E-state index in [1.54, 1.807) is 7.11 Å². The smallest absolute Gasteiger partial charge is 0.149 e. The molecular weight excluding hydrogens is 437 g/mol. The molecular formula is C31H42FNO2. The summed E-state index contributed by atoms with van der Waals surface area (Å²) in [7, 11) is 1.77. The molecule has 0 aliphatic heterocycles. The van der Waals surface area contributed by atoms with Crippen LogP contribution in [0.1, 0.15) is 76.8 Å². The van der Waals surface area contributed by atoms with Gasteiger partial charge in [0.15, 0.2) is 0 Å². The molecule has 0 N–H and O–H groups in total. The highest BCUT2D eigenvalue weighted by molar-refractivity contribution is 5.80. The van der Waals surface area contributed by atoms with Gasteiger partial charge in [-0.1, -0.05) is 45.0 Å². The molecule has 0 amide bonds. The molecule has 0 spiro atoms. The van der Waals surface area contributed by atoms with E-state index in [0.717, 1.165) is 68.7 Å². The van der Waals surface area contributed by atoms with Crippen LogP contribution in [0.4, 0.5) is 4.39 Å². The Hall–Kier alpha value is -2.07. The van der Waals surface area contributed by atoms with Gasteiger partial charge in [0.25, 0.3) is 0 Å². The quantitative estimate of drug-likeness (QED) is 0.381. The SMILES string of the molecule is CCN(CC)C(C)Oc1ccccc1-c1c(OC)ccc2c1CC[C@@H]1[C@@H]2CC[C@]2(C)[C@H](F)CC[C@@H]12. The molecule has 6 atom stereocenters. The lowest BCUT2D eigenvalue weighted by Crippen LogP contribution is -2.43. The summed E-state index contributed by atoms with van der Waals surface area (Å²) in [6, 6.07) is 12.9. The minimum Gasteiger partial charge on any atom is -0.496 e. The van der Waals surface area contributed by atoms with E-state index in [1.807, 2.05) is 0 Å². The molecule has 2 fully saturated rings. The number of benzene rings is 2. The van der Waals surface area contributed by atoms with Crippen LogP contribution in [0.15, 0.2) is 36.4 Å². The number of nitrogens with zero attached hydrogens (tertiary/aromatic N) is 1. The van der Waals surface area contributed by atoms with Gasteiger partial charge in [0.2, 0.25) is 0 Å². The van der Waals surface area contributed by atoms with Gasteiger partial charge in [-0.15, -0.1) is 0 Å². The van der Waals surface area contributed by atoms with Gasteiger partial charge in [0.05, 0.1) is 7.11 Å². The van der Waals surface area contributed by atoms with Gasteiger partial charge in [-0.05, 0) is 99.6 Å².